The molecule has 110 valence electrons. The number of hydrogen-bond donors (Lipinski definition) is 3. The molecule has 5 heteroatoms. The maximum atomic E-state index is 9.00. The van der Waals surface area contributed by atoms with Crippen molar-refractivity contribution in [3.63, 3.8) is 0 Å². The van der Waals surface area contributed by atoms with Gasteiger partial charge in [-0.25, -0.2) is 0 Å². The Morgan fingerprint density at radius 2 is 1.85 bits per heavy atom. The highest BCUT2D eigenvalue weighted by molar-refractivity contribution is 5.79. The van der Waals surface area contributed by atoms with E-state index in [1.165, 1.54) is 5.56 Å². The predicted molar refractivity (Wildman–Crippen MR) is 79.7 cm³/mol. The molecule has 1 aliphatic rings. The number of likely N-dealkylation sites (tertiary alicyclic amines) is 1. The van der Waals surface area contributed by atoms with Gasteiger partial charge in [-0.05, 0) is 31.5 Å². The van der Waals surface area contributed by atoms with Gasteiger partial charge in [0.2, 0.25) is 0 Å². The van der Waals surface area contributed by atoms with E-state index < -0.39 is 5.97 Å². The lowest BCUT2D eigenvalue weighted by molar-refractivity contribution is -0.134. The fourth-order valence-electron chi connectivity index (χ4n) is 2.24. The molecule has 1 fully saturated rings. The molecule has 0 atom stereocenters. The first kappa shape index (κ1) is 16.2. The van der Waals surface area contributed by atoms with E-state index in [1.807, 2.05) is 6.07 Å². The number of carbonyl (C=O) groups is 1. The summed E-state index contributed by atoms with van der Waals surface area (Å²) in [5, 5.41) is 14.9. The zero-order valence-electron chi connectivity index (χ0n) is 11.9. The van der Waals surface area contributed by atoms with Gasteiger partial charge in [-0.1, -0.05) is 30.3 Å². The Balaban J connectivity index is 0.000000444. The maximum Gasteiger partial charge on any atom is 0.300 e. The van der Waals surface area contributed by atoms with Gasteiger partial charge in [0, 0.05) is 19.4 Å². The number of rotatable bonds is 3. The number of amidine groups is 1. The second-order valence-corrected chi connectivity index (χ2v) is 5.01. The summed E-state index contributed by atoms with van der Waals surface area (Å²) >= 11 is 0. The van der Waals surface area contributed by atoms with Gasteiger partial charge in [-0.15, -0.1) is 0 Å². The monoisotopic (exact) mass is 277 g/mol. The van der Waals surface area contributed by atoms with Gasteiger partial charge in [0.1, 0.15) is 0 Å². The lowest BCUT2D eigenvalue weighted by Gasteiger charge is -2.31. The third kappa shape index (κ3) is 6.33. The van der Waals surface area contributed by atoms with Crippen LogP contribution < -0.4 is 5.73 Å². The van der Waals surface area contributed by atoms with E-state index in [9.17, 15) is 0 Å². The Bertz CT molecular complexity index is 422. The normalized spacial score (nSPS) is 16.1. The number of piperidine rings is 1. The van der Waals surface area contributed by atoms with Crippen LogP contribution in [-0.4, -0.2) is 34.9 Å². The van der Waals surface area contributed by atoms with E-state index in [-0.39, 0.29) is 0 Å². The first-order valence-corrected chi connectivity index (χ1v) is 6.78. The van der Waals surface area contributed by atoms with Crippen LogP contribution in [-0.2, 0) is 11.3 Å². The van der Waals surface area contributed by atoms with Crippen LogP contribution >= 0.6 is 0 Å². The van der Waals surface area contributed by atoms with Crippen LogP contribution in [0.2, 0.25) is 0 Å². The maximum absolute atomic E-state index is 9.00. The minimum atomic E-state index is -0.833. The van der Waals surface area contributed by atoms with Crippen molar-refractivity contribution >= 4 is 11.8 Å². The van der Waals surface area contributed by atoms with Crippen molar-refractivity contribution in [1.82, 2.24) is 4.90 Å². The molecular weight excluding hydrogens is 254 g/mol. The number of nitrogens with zero attached hydrogens (tertiary/aromatic N) is 1. The number of aliphatic carboxylic acids is 1. The molecule has 0 saturated carbocycles. The molecule has 20 heavy (non-hydrogen) atoms. The molecule has 4 N–H and O–H groups in total. The largest absolute Gasteiger partial charge is 0.481 e. The first-order valence-electron chi connectivity index (χ1n) is 6.78. The first-order chi connectivity index (χ1) is 9.49. The van der Waals surface area contributed by atoms with E-state index in [4.69, 9.17) is 21.0 Å². The Morgan fingerprint density at radius 3 is 2.30 bits per heavy atom. The predicted octanol–water partition coefficient (Wildman–Crippen LogP) is 1.93. The molecule has 0 radical (unpaired) electrons. The van der Waals surface area contributed by atoms with Crippen molar-refractivity contribution in [2.24, 2.45) is 11.7 Å². The van der Waals surface area contributed by atoms with Gasteiger partial charge in [0.15, 0.2) is 0 Å². The van der Waals surface area contributed by atoms with Crippen LogP contribution in [0.1, 0.15) is 25.3 Å². The molecule has 2 rings (SSSR count). The standard InChI is InChI=1S/C13H19N3.C2H4O2/c14-13(15)12-6-8-16(9-7-12)10-11-4-2-1-3-5-11;1-2(3)4/h1-5,12H,6-10H2,(H3,14,15);1H3,(H,3,4). The van der Waals surface area contributed by atoms with Crippen LogP contribution in [0.4, 0.5) is 0 Å². The van der Waals surface area contributed by atoms with E-state index in [0.717, 1.165) is 39.4 Å². The summed E-state index contributed by atoms with van der Waals surface area (Å²) in [5.74, 6) is -0.161. The van der Waals surface area contributed by atoms with Crippen LogP contribution in [0.15, 0.2) is 30.3 Å². The third-order valence-corrected chi connectivity index (χ3v) is 3.28. The molecular formula is C15H23N3O2. The second-order valence-electron chi connectivity index (χ2n) is 5.01. The minimum Gasteiger partial charge on any atom is -0.481 e. The van der Waals surface area contributed by atoms with E-state index in [1.54, 1.807) is 0 Å². The summed E-state index contributed by atoms with van der Waals surface area (Å²) in [6.45, 7) is 4.21. The quantitative estimate of drug-likeness (QED) is 0.581. The molecule has 5 nitrogen and oxygen atoms in total. The molecule has 0 aliphatic carbocycles. The summed E-state index contributed by atoms with van der Waals surface area (Å²) in [6.07, 6.45) is 2.06. The Kier molecular flexibility index (Phi) is 6.73. The Morgan fingerprint density at radius 1 is 1.35 bits per heavy atom. The molecule has 1 aromatic carbocycles. The number of carboxylic acids is 1. The molecule has 1 aliphatic heterocycles. The number of benzene rings is 1. The molecule has 1 aromatic rings. The highest BCUT2D eigenvalue weighted by atomic mass is 16.4. The van der Waals surface area contributed by atoms with Crippen molar-refractivity contribution in [2.75, 3.05) is 13.1 Å². The van der Waals surface area contributed by atoms with Gasteiger partial charge in [0.05, 0.1) is 5.84 Å². The molecule has 0 aromatic heterocycles. The molecule has 0 bridgehead atoms. The molecule has 0 unspecified atom stereocenters. The van der Waals surface area contributed by atoms with E-state index >= 15 is 0 Å². The van der Waals surface area contributed by atoms with Crippen molar-refractivity contribution in [3.8, 4) is 0 Å². The van der Waals surface area contributed by atoms with Crippen molar-refractivity contribution in [1.29, 1.82) is 5.41 Å². The second kappa shape index (κ2) is 8.32. The topological polar surface area (TPSA) is 90.4 Å². The lowest BCUT2D eigenvalue weighted by atomic mass is 9.95. The number of hydrogen-bond acceptors (Lipinski definition) is 3. The molecule has 0 amide bonds. The van der Waals surface area contributed by atoms with Crippen LogP contribution in [0, 0.1) is 11.3 Å². The third-order valence-electron chi connectivity index (χ3n) is 3.28. The summed E-state index contributed by atoms with van der Waals surface area (Å²) in [6, 6.07) is 10.5. The van der Waals surface area contributed by atoms with Crippen molar-refractivity contribution < 1.29 is 9.90 Å². The zero-order chi connectivity index (χ0) is 15.0. The number of nitrogens with two attached hydrogens (primary N) is 1. The van der Waals surface area contributed by atoms with Gasteiger partial charge < -0.3 is 10.8 Å². The van der Waals surface area contributed by atoms with Crippen LogP contribution in [0.5, 0.6) is 0 Å². The van der Waals surface area contributed by atoms with E-state index in [0.29, 0.717) is 11.8 Å². The minimum absolute atomic E-state index is 0.312. The molecule has 1 heterocycles. The summed E-state index contributed by atoms with van der Waals surface area (Å²) < 4.78 is 0. The SMILES string of the molecule is CC(=O)O.N=C(N)C1CCN(Cc2ccccc2)CC1. The molecule has 1 saturated heterocycles. The zero-order valence-corrected chi connectivity index (χ0v) is 11.9. The average molecular weight is 277 g/mol. The van der Waals surface area contributed by atoms with Crippen LogP contribution in [0.3, 0.4) is 0 Å². The summed E-state index contributed by atoms with van der Waals surface area (Å²) in [4.78, 5) is 11.4. The van der Waals surface area contributed by atoms with Gasteiger partial charge >= 0.3 is 0 Å². The van der Waals surface area contributed by atoms with Gasteiger partial charge in [0.25, 0.3) is 5.97 Å². The summed E-state index contributed by atoms with van der Waals surface area (Å²) in [7, 11) is 0. The molecule has 0 spiro atoms. The van der Waals surface area contributed by atoms with Gasteiger partial charge in [-0.2, -0.15) is 0 Å². The van der Waals surface area contributed by atoms with Crippen molar-refractivity contribution in [2.45, 2.75) is 26.3 Å². The highest BCUT2D eigenvalue weighted by Crippen LogP contribution is 2.18. The number of nitrogens with one attached hydrogen (secondary N) is 1. The van der Waals surface area contributed by atoms with Crippen LogP contribution in [0.25, 0.3) is 0 Å². The number of carboxylic acid groups (broad SMARTS) is 1. The summed E-state index contributed by atoms with van der Waals surface area (Å²) in [5.41, 5.74) is 6.89. The fourth-order valence-corrected chi connectivity index (χ4v) is 2.24. The highest BCUT2D eigenvalue weighted by Gasteiger charge is 2.20. The van der Waals surface area contributed by atoms with Crippen molar-refractivity contribution in [3.05, 3.63) is 35.9 Å². The lowest BCUT2D eigenvalue weighted by Crippen LogP contribution is -2.37. The smallest absolute Gasteiger partial charge is 0.300 e. The Hall–Kier alpha value is -1.88. The van der Waals surface area contributed by atoms with E-state index in [2.05, 4.69) is 29.2 Å². The fraction of sp³-hybridized carbons (Fsp3) is 0.467. The average Bonchev–Trinajstić information content (AvgIpc) is 2.40. The Labute approximate surface area is 119 Å². The van der Waals surface area contributed by atoms with Gasteiger partial charge in [-0.3, -0.25) is 15.1 Å².